The average molecular weight is 369 g/mol. The fourth-order valence-electron chi connectivity index (χ4n) is 6.32. The number of ether oxygens (including phenoxy) is 1. The number of aryl methyl sites for hydroxylation is 1. The molecule has 2 unspecified atom stereocenters. The molecular formula is C21H27N3O3. The first-order valence-corrected chi connectivity index (χ1v) is 10.1. The van der Waals surface area contributed by atoms with E-state index in [2.05, 4.69) is 5.32 Å². The van der Waals surface area contributed by atoms with Crippen molar-refractivity contribution in [2.75, 3.05) is 18.1 Å². The zero-order valence-electron chi connectivity index (χ0n) is 15.7. The smallest absolute Gasteiger partial charge is 0.322 e. The minimum atomic E-state index is -0.319. The molecule has 3 N–H and O–H groups in total. The van der Waals surface area contributed by atoms with Gasteiger partial charge in [0.05, 0.1) is 12.2 Å². The summed E-state index contributed by atoms with van der Waals surface area (Å²) >= 11 is 0. The Morgan fingerprint density at radius 3 is 2.67 bits per heavy atom. The molecule has 6 nitrogen and oxygen atoms in total. The van der Waals surface area contributed by atoms with E-state index in [0.29, 0.717) is 30.9 Å². The van der Waals surface area contributed by atoms with Gasteiger partial charge in [-0.3, -0.25) is 9.69 Å². The molecule has 1 aromatic rings. The van der Waals surface area contributed by atoms with Gasteiger partial charge in [-0.25, -0.2) is 4.79 Å². The number of fused-ring (bicyclic) bond motifs is 1. The number of nitrogens with one attached hydrogen (secondary N) is 1. The predicted molar refractivity (Wildman–Crippen MR) is 102 cm³/mol. The number of carbonyl (C=O) groups is 2. The molecule has 4 fully saturated rings. The van der Waals surface area contributed by atoms with E-state index in [4.69, 9.17) is 10.5 Å². The molecule has 1 aromatic carbocycles. The molecule has 0 saturated heterocycles. The second-order valence-corrected chi connectivity index (χ2v) is 9.06. The summed E-state index contributed by atoms with van der Waals surface area (Å²) in [7, 11) is 0. The summed E-state index contributed by atoms with van der Waals surface area (Å²) in [6.45, 7) is 3.08. The quantitative estimate of drug-likeness (QED) is 0.840. The maximum atomic E-state index is 13.1. The van der Waals surface area contributed by atoms with Crippen molar-refractivity contribution in [3.63, 3.8) is 0 Å². The topological polar surface area (TPSA) is 84.7 Å². The van der Waals surface area contributed by atoms with Gasteiger partial charge in [0.15, 0.2) is 0 Å². The van der Waals surface area contributed by atoms with Gasteiger partial charge in [-0.15, -0.1) is 0 Å². The minimum absolute atomic E-state index is 0.0456. The highest BCUT2D eigenvalue weighted by Crippen LogP contribution is 2.59. The van der Waals surface area contributed by atoms with Gasteiger partial charge in [-0.1, -0.05) is 6.07 Å². The summed E-state index contributed by atoms with van der Waals surface area (Å²) in [5, 5.41) is 3.33. The van der Waals surface area contributed by atoms with E-state index in [1.54, 1.807) is 4.90 Å². The van der Waals surface area contributed by atoms with E-state index in [1.165, 1.54) is 0 Å². The molecule has 4 saturated carbocycles. The van der Waals surface area contributed by atoms with Crippen LogP contribution in [0, 0.1) is 30.1 Å². The van der Waals surface area contributed by atoms with Crippen molar-refractivity contribution >= 4 is 17.6 Å². The Kier molecular flexibility index (Phi) is 3.68. The van der Waals surface area contributed by atoms with E-state index in [-0.39, 0.29) is 23.4 Å². The molecule has 144 valence electrons. The maximum Gasteiger partial charge on any atom is 0.322 e. The maximum absolute atomic E-state index is 13.1. The number of nitrogens with zero attached hydrogens (tertiary/aromatic N) is 1. The molecule has 1 aliphatic heterocycles. The third kappa shape index (κ3) is 2.60. The summed E-state index contributed by atoms with van der Waals surface area (Å²) in [5.74, 6) is 1.95. The summed E-state index contributed by atoms with van der Waals surface area (Å²) in [4.78, 5) is 27.1. The number of nitrogens with two attached hydrogens (primary N) is 1. The Labute approximate surface area is 159 Å². The van der Waals surface area contributed by atoms with E-state index < -0.39 is 0 Å². The van der Waals surface area contributed by atoms with Crippen LogP contribution in [0.4, 0.5) is 10.5 Å². The van der Waals surface area contributed by atoms with E-state index in [1.807, 2.05) is 25.1 Å². The summed E-state index contributed by atoms with van der Waals surface area (Å²) in [6.07, 6.45) is 4.83. The third-order valence-electron chi connectivity index (χ3n) is 7.31. The van der Waals surface area contributed by atoms with Crippen LogP contribution in [0.5, 0.6) is 5.75 Å². The van der Waals surface area contributed by atoms with Crippen LogP contribution in [0.15, 0.2) is 18.2 Å². The molecule has 0 aromatic heterocycles. The number of hydrogen-bond acceptors (Lipinski definition) is 3. The first kappa shape index (κ1) is 16.9. The van der Waals surface area contributed by atoms with E-state index in [9.17, 15) is 9.59 Å². The first-order chi connectivity index (χ1) is 12.9. The van der Waals surface area contributed by atoms with Crippen molar-refractivity contribution in [1.29, 1.82) is 0 Å². The van der Waals surface area contributed by atoms with Crippen molar-refractivity contribution in [1.82, 2.24) is 5.32 Å². The van der Waals surface area contributed by atoms with Gasteiger partial charge in [0.1, 0.15) is 12.4 Å². The van der Waals surface area contributed by atoms with Crippen molar-refractivity contribution in [3.05, 3.63) is 23.8 Å². The van der Waals surface area contributed by atoms with Crippen LogP contribution in [-0.4, -0.2) is 31.1 Å². The van der Waals surface area contributed by atoms with Crippen molar-refractivity contribution < 1.29 is 14.3 Å². The number of rotatable bonds is 2. The fraction of sp³-hybridized carbons (Fsp3) is 0.619. The van der Waals surface area contributed by atoms with Crippen LogP contribution in [0.1, 0.15) is 37.7 Å². The monoisotopic (exact) mass is 369 g/mol. The van der Waals surface area contributed by atoms with Crippen LogP contribution >= 0.6 is 0 Å². The Morgan fingerprint density at radius 1 is 1.22 bits per heavy atom. The average Bonchev–Trinajstić information content (AvgIpc) is 2.63. The highest BCUT2D eigenvalue weighted by Gasteiger charge is 2.58. The van der Waals surface area contributed by atoms with Gasteiger partial charge in [-0.2, -0.15) is 0 Å². The highest BCUT2D eigenvalue weighted by molar-refractivity contribution is 5.94. The molecule has 3 amide bonds. The predicted octanol–water partition coefficient (Wildman–Crippen LogP) is 2.58. The highest BCUT2D eigenvalue weighted by atomic mass is 16.5. The number of amides is 3. The lowest BCUT2D eigenvalue weighted by Crippen LogP contribution is -2.63. The van der Waals surface area contributed by atoms with Gasteiger partial charge < -0.3 is 15.8 Å². The minimum Gasteiger partial charge on any atom is -0.490 e. The number of benzene rings is 1. The van der Waals surface area contributed by atoms with Gasteiger partial charge >= 0.3 is 6.03 Å². The molecule has 27 heavy (non-hydrogen) atoms. The Hall–Kier alpha value is -2.24. The first-order valence-electron chi connectivity index (χ1n) is 10.1. The zero-order valence-corrected chi connectivity index (χ0v) is 15.7. The standard InChI is InChI=1S/C21H27N3O3/c1-12-2-3-17-16(6-12)24(4-5-27-17)20(26)23-18-14-7-13-8-15(18)11-21(9-13,10-14)19(22)25/h2-3,6,13-15,18H,4-5,7-11H2,1H3,(H2,22,25)(H,23,26). The van der Waals surface area contributed by atoms with Crippen LogP contribution in [0.25, 0.3) is 0 Å². The Bertz CT molecular complexity index is 792. The molecular weight excluding hydrogens is 342 g/mol. The molecule has 0 spiro atoms. The number of anilines is 1. The van der Waals surface area contributed by atoms with Gasteiger partial charge in [0.2, 0.25) is 5.91 Å². The Morgan fingerprint density at radius 2 is 1.96 bits per heavy atom. The second-order valence-electron chi connectivity index (χ2n) is 9.06. The van der Waals surface area contributed by atoms with E-state index >= 15 is 0 Å². The number of carbonyl (C=O) groups excluding carboxylic acids is 2. The summed E-state index contributed by atoms with van der Waals surface area (Å²) in [5.41, 5.74) is 7.41. The van der Waals surface area contributed by atoms with Crippen molar-refractivity contribution in [3.8, 4) is 5.75 Å². The fourth-order valence-corrected chi connectivity index (χ4v) is 6.32. The molecule has 5 aliphatic rings. The van der Waals surface area contributed by atoms with Gasteiger partial charge in [0, 0.05) is 11.5 Å². The third-order valence-corrected chi connectivity index (χ3v) is 7.31. The van der Waals surface area contributed by atoms with Gasteiger partial charge in [-0.05, 0) is 74.5 Å². The number of urea groups is 1. The van der Waals surface area contributed by atoms with Crippen LogP contribution in [-0.2, 0) is 4.79 Å². The van der Waals surface area contributed by atoms with Crippen molar-refractivity contribution in [2.45, 2.75) is 45.1 Å². The molecule has 1 heterocycles. The molecule has 2 atom stereocenters. The summed E-state index contributed by atoms with van der Waals surface area (Å²) in [6, 6.07) is 6.05. The molecule has 6 rings (SSSR count). The molecule has 4 aliphatic carbocycles. The number of primary amides is 1. The molecule has 4 bridgehead atoms. The lowest BCUT2D eigenvalue weighted by atomic mass is 9.47. The summed E-state index contributed by atoms with van der Waals surface area (Å²) < 4.78 is 5.71. The SMILES string of the molecule is Cc1ccc2c(c1)N(C(=O)NC1C3CC4CC1CC(C(N)=O)(C4)C3)CCO2. The van der Waals surface area contributed by atoms with Crippen molar-refractivity contribution in [2.24, 2.45) is 28.9 Å². The van der Waals surface area contributed by atoms with Crippen LogP contribution < -0.4 is 20.7 Å². The lowest BCUT2D eigenvalue weighted by molar-refractivity contribution is -0.145. The van der Waals surface area contributed by atoms with Gasteiger partial charge in [0.25, 0.3) is 0 Å². The van der Waals surface area contributed by atoms with Crippen LogP contribution in [0.2, 0.25) is 0 Å². The largest absolute Gasteiger partial charge is 0.490 e. The second kappa shape index (κ2) is 5.88. The normalized spacial score (nSPS) is 36.1. The Balaban J connectivity index is 1.36. The lowest BCUT2D eigenvalue weighted by Gasteiger charge is -2.58. The zero-order chi connectivity index (χ0) is 18.8. The molecule has 0 radical (unpaired) electrons. The van der Waals surface area contributed by atoms with Crippen LogP contribution in [0.3, 0.4) is 0 Å². The number of hydrogen-bond donors (Lipinski definition) is 2. The van der Waals surface area contributed by atoms with E-state index in [0.717, 1.165) is 49.1 Å². The molecule has 6 heteroatoms.